The van der Waals surface area contributed by atoms with Crippen LogP contribution in [0.3, 0.4) is 0 Å². The van der Waals surface area contributed by atoms with E-state index >= 15 is 0 Å². The number of ether oxygens (including phenoxy) is 1. The first-order chi connectivity index (χ1) is 16.9. The summed E-state index contributed by atoms with van der Waals surface area (Å²) in [5.41, 5.74) is 5.90. The number of aromatic hydroxyl groups is 2. The van der Waals surface area contributed by atoms with Crippen LogP contribution in [0.5, 0.6) is 17.2 Å². The maximum Gasteiger partial charge on any atom is 0.150 e. The maximum atomic E-state index is 10.1. The molecule has 0 aliphatic carbocycles. The Labute approximate surface area is 207 Å². The summed E-state index contributed by atoms with van der Waals surface area (Å²) >= 11 is 0. The molecule has 5 nitrogen and oxygen atoms in total. The van der Waals surface area contributed by atoms with Crippen molar-refractivity contribution in [2.45, 2.75) is 39.3 Å². The largest absolute Gasteiger partial charge is 0.508 e. The number of phenols is 2. The number of rotatable bonds is 6. The van der Waals surface area contributed by atoms with E-state index in [1.165, 1.54) is 19.5 Å². The summed E-state index contributed by atoms with van der Waals surface area (Å²) in [6, 6.07) is 21.4. The van der Waals surface area contributed by atoms with Crippen LogP contribution in [0.2, 0.25) is 0 Å². The van der Waals surface area contributed by atoms with Crippen molar-refractivity contribution in [2.24, 2.45) is 5.92 Å². The van der Waals surface area contributed by atoms with Gasteiger partial charge in [-0.3, -0.25) is 4.90 Å². The van der Waals surface area contributed by atoms with Gasteiger partial charge in [-0.15, -0.1) is 0 Å². The van der Waals surface area contributed by atoms with E-state index < -0.39 is 0 Å². The van der Waals surface area contributed by atoms with Crippen molar-refractivity contribution in [3.8, 4) is 17.2 Å². The normalized spacial score (nSPS) is 20.9. The van der Waals surface area contributed by atoms with Crippen molar-refractivity contribution in [3.05, 3.63) is 83.4 Å². The summed E-state index contributed by atoms with van der Waals surface area (Å²) in [4.78, 5) is 2.56. The third-order valence-corrected chi connectivity index (χ3v) is 7.33. The van der Waals surface area contributed by atoms with Crippen molar-refractivity contribution in [3.63, 3.8) is 0 Å². The summed E-state index contributed by atoms with van der Waals surface area (Å²) in [5.74, 6) is 1.95. The van der Waals surface area contributed by atoms with Gasteiger partial charge in [0.05, 0.1) is 0 Å². The summed E-state index contributed by atoms with van der Waals surface area (Å²) in [6.45, 7) is 9.95. The number of hydrogen-bond donors (Lipinski definition) is 3. The molecule has 3 aromatic carbocycles. The van der Waals surface area contributed by atoms with Gasteiger partial charge in [-0.2, -0.15) is 0 Å². The second-order valence-electron chi connectivity index (χ2n) is 10.0. The lowest BCUT2D eigenvalue weighted by atomic mass is 9.86. The molecule has 3 atom stereocenters. The SMILES string of the molecule is CC1=C(c2cccc(O)c2)C(c2ccc(NCC(C)N3CCC(C)C3)cc2)Oc2ccc(O)cc21. The molecule has 2 aliphatic rings. The number of anilines is 1. The van der Waals surface area contributed by atoms with Gasteiger partial charge in [-0.1, -0.05) is 31.2 Å². The van der Waals surface area contributed by atoms with Crippen molar-refractivity contribution in [1.29, 1.82) is 0 Å². The fourth-order valence-corrected chi connectivity index (χ4v) is 5.26. The molecule has 3 aromatic rings. The molecule has 2 heterocycles. The van der Waals surface area contributed by atoms with Crippen LogP contribution in [0.1, 0.15) is 50.0 Å². The van der Waals surface area contributed by atoms with E-state index in [9.17, 15) is 10.2 Å². The first-order valence-corrected chi connectivity index (χ1v) is 12.5. The van der Waals surface area contributed by atoms with Gasteiger partial charge in [0, 0.05) is 36.0 Å². The fourth-order valence-electron chi connectivity index (χ4n) is 5.26. The van der Waals surface area contributed by atoms with Crippen molar-refractivity contribution in [2.75, 3.05) is 25.0 Å². The van der Waals surface area contributed by atoms with Crippen LogP contribution in [0.25, 0.3) is 11.1 Å². The Morgan fingerprint density at radius 3 is 2.51 bits per heavy atom. The highest BCUT2D eigenvalue weighted by Crippen LogP contribution is 2.47. The van der Waals surface area contributed by atoms with Crippen molar-refractivity contribution >= 4 is 16.8 Å². The minimum absolute atomic E-state index is 0.202. The van der Waals surface area contributed by atoms with Crippen LogP contribution in [-0.2, 0) is 0 Å². The monoisotopic (exact) mass is 470 g/mol. The smallest absolute Gasteiger partial charge is 0.150 e. The van der Waals surface area contributed by atoms with E-state index in [1.807, 2.05) is 25.1 Å². The molecule has 1 saturated heterocycles. The van der Waals surface area contributed by atoms with Gasteiger partial charge in [0.1, 0.15) is 23.4 Å². The van der Waals surface area contributed by atoms with Gasteiger partial charge in [0.25, 0.3) is 0 Å². The average Bonchev–Trinajstić information content (AvgIpc) is 3.29. The van der Waals surface area contributed by atoms with E-state index in [0.29, 0.717) is 6.04 Å². The molecule has 0 bridgehead atoms. The maximum absolute atomic E-state index is 10.1. The zero-order valence-corrected chi connectivity index (χ0v) is 20.7. The molecule has 0 spiro atoms. The molecule has 1 fully saturated rings. The fraction of sp³-hybridized carbons (Fsp3) is 0.333. The topological polar surface area (TPSA) is 65.0 Å². The summed E-state index contributed by atoms with van der Waals surface area (Å²) in [5, 5.41) is 23.8. The number of likely N-dealkylation sites (tertiary alicyclic amines) is 1. The molecule has 2 aliphatic heterocycles. The third-order valence-electron chi connectivity index (χ3n) is 7.33. The molecular formula is C30H34N2O3. The Morgan fingerprint density at radius 1 is 1.03 bits per heavy atom. The molecule has 35 heavy (non-hydrogen) atoms. The Hall–Kier alpha value is -3.44. The Kier molecular flexibility index (Phi) is 6.44. The number of nitrogens with zero attached hydrogens (tertiary/aromatic N) is 1. The Morgan fingerprint density at radius 2 is 1.80 bits per heavy atom. The van der Waals surface area contributed by atoms with Crippen LogP contribution in [0, 0.1) is 5.92 Å². The lowest BCUT2D eigenvalue weighted by Crippen LogP contribution is -2.36. The molecule has 182 valence electrons. The lowest BCUT2D eigenvalue weighted by Gasteiger charge is -2.31. The van der Waals surface area contributed by atoms with Gasteiger partial charge < -0.3 is 20.3 Å². The molecule has 3 unspecified atom stereocenters. The molecule has 3 N–H and O–H groups in total. The lowest BCUT2D eigenvalue weighted by molar-refractivity contribution is 0.259. The zero-order valence-electron chi connectivity index (χ0n) is 20.7. The second-order valence-corrected chi connectivity index (χ2v) is 10.0. The third kappa shape index (κ3) is 4.87. The molecule has 5 heteroatoms. The molecule has 0 amide bonds. The van der Waals surface area contributed by atoms with E-state index in [0.717, 1.165) is 51.7 Å². The molecule has 0 aromatic heterocycles. The first-order valence-electron chi connectivity index (χ1n) is 12.5. The average molecular weight is 471 g/mol. The number of fused-ring (bicyclic) bond motifs is 1. The van der Waals surface area contributed by atoms with Crippen molar-refractivity contribution in [1.82, 2.24) is 4.90 Å². The number of benzene rings is 3. The Bertz CT molecular complexity index is 1230. The molecule has 5 rings (SSSR count). The zero-order chi connectivity index (χ0) is 24.5. The summed E-state index contributed by atoms with van der Waals surface area (Å²) in [6.07, 6.45) is 0.963. The highest BCUT2D eigenvalue weighted by molar-refractivity contribution is 5.95. The van der Waals surface area contributed by atoms with Crippen LogP contribution < -0.4 is 10.1 Å². The minimum atomic E-state index is -0.326. The predicted octanol–water partition coefficient (Wildman–Crippen LogP) is 6.30. The highest BCUT2D eigenvalue weighted by Gasteiger charge is 2.30. The second kappa shape index (κ2) is 9.67. The quantitative estimate of drug-likeness (QED) is 0.394. The number of phenolic OH excluding ortho intramolecular Hbond substituents is 2. The van der Waals surface area contributed by atoms with Crippen LogP contribution in [0.15, 0.2) is 66.7 Å². The highest BCUT2D eigenvalue weighted by atomic mass is 16.5. The van der Waals surface area contributed by atoms with Crippen LogP contribution >= 0.6 is 0 Å². The van der Waals surface area contributed by atoms with E-state index in [2.05, 4.69) is 48.3 Å². The van der Waals surface area contributed by atoms with Gasteiger partial charge >= 0.3 is 0 Å². The summed E-state index contributed by atoms with van der Waals surface area (Å²) < 4.78 is 6.49. The molecule has 0 radical (unpaired) electrons. The van der Waals surface area contributed by atoms with E-state index in [1.54, 1.807) is 24.3 Å². The van der Waals surface area contributed by atoms with Gasteiger partial charge in [-0.25, -0.2) is 0 Å². The predicted molar refractivity (Wildman–Crippen MR) is 142 cm³/mol. The van der Waals surface area contributed by atoms with Gasteiger partial charge in [-0.05, 0) is 91.9 Å². The van der Waals surface area contributed by atoms with Gasteiger partial charge in [0.2, 0.25) is 0 Å². The number of hydrogen-bond acceptors (Lipinski definition) is 5. The van der Waals surface area contributed by atoms with Crippen LogP contribution in [-0.4, -0.2) is 40.8 Å². The van der Waals surface area contributed by atoms with Gasteiger partial charge in [0.15, 0.2) is 0 Å². The standard InChI is InChI=1S/C30H34N2O3/c1-19-13-14-32(18-19)20(2)17-31-24-9-7-22(8-10-24)30-29(23-5-4-6-25(33)15-23)21(3)27-16-26(34)11-12-28(27)35-30/h4-12,15-16,19-20,30-31,33-34H,13-14,17-18H2,1-3H3. The Balaban J connectivity index is 1.41. The summed E-state index contributed by atoms with van der Waals surface area (Å²) in [7, 11) is 0. The number of nitrogens with one attached hydrogen (secondary N) is 1. The number of allylic oxidation sites excluding steroid dienone is 1. The minimum Gasteiger partial charge on any atom is -0.508 e. The van der Waals surface area contributed by atoms with Crippen molar-refractivity contribution < 1.29 is 14.9 Å². The van der Waals surface area contributed by atoms with E-state index in [-0.39, 0.29) is 17.6 Å². The molecular weight excluding hydrogens is 436 g/mol. The van der Waals surface area contributed by atoms with E-state index in [4.69, 9.17) is 4.74 Å². The van der Waals surface area contributed by atoms with Crippen LogP contribution in [0.4, 0.5) is 5.69 Å². The first kappa shape index (κ1) is 23.3. The molecule has 0 saturated carbocycles.